The highest BCUT2D eigenvalue weighted by atomic mass is 16.4. The number of rotatable bonds is 30. The van der Waals surface area contributed by atoms with E-state index in [2.05, 4.69) is 0 Å². The molecule has 19 rings (SSSR count). The Morgan fingerprint density at radius 3 is 0.207 bits per heavy atom. The molecule has 0 aliphatic heterocycles. The Kier molecular flexibility index (Phi) is 26.5. The van der Waals surface area contributed by atoms with Crippen molar-refractivity contribution in [2.75, 3.05) is 0 Å². The molecule has 19 aromatic rings. The second kappa shape index (κ2) is 40.7. The number of aromatic carboxylic acids is 12. The third-order valence-corrected chi connectivity index (χ3v) is 26.4. The van der Waals surface area contributed by atoms with E-state index in [0.29, 0.717) is 134 Å². The predicted octanol–water partition coefficient (Wildman–Crippen LogP) is 28.1. The van der Waals surface area contributed by atoms with Gasteiger partial charge in [-0.15, -0.1) is 0 Å². The summed E-state index contributed by atoms with van der Waals surface area (Å²) in [5.41, 5.74) is 11.0. The first kappa shape index (κ1) is 97.6. The first-order valence-electron chi connectivity index (χ1n) is 46.4. The zero-order valence-corrected chi connectivity index (χ0v) is 78.4. The van der Waals surface area contributed by atoms with Gasteiger partial charge in [0.25, 0.3) is 0 Å². The summed E-state index contributed by atoms with van der Waals surface area (Å²) in [7, 11) is 0. The highest BCUT2D eigenvalue weighted by Crippen LogP contribution is 2.60. The molecule has 0 heterocycles. The summed E-state index contributed by atoms with van der Waals surface area (Å²) in [6.45, 7) is 0. The maximum absolute atomic E-state index is 13.1. The summed E-state index contributed by atoms with van der Waals surface area (Å²) in [6, 6.07) is 106. The standard InChI is InChI=1S/C126H78O24/c127-115(128)79-25-1-67(2-26-79)91-49-92(68-3-27-80(28-4-68)116(129)130)56-103(55-91)109-110(104-57-93(69-5-29-81(30-6-69)117(131)132)50-94(58-104)70-7-31-82(32-8-70)118(133)134)112(106-61-97(73-13-37-85(38-14-73)121(139)140)52-98(62-106)74-15-39-86(40-16-74)122(141)142)114(108-65-101(77-21-45-89(46-22-77)125(147)148)54-102(66-108)78-23-47-90(48-24-78)126(149)150)113(107-63-99(75-17-41-87(42-18-75)123(143)144)53-100(64-107)76-19-43-88(44-20-76)124(145)146)111(109)105-59-95(71-9-33-83(34-10-71)119(135)136)51-96(60-105)72-11-35-84(36-12-72)120(137)138/h1-66H,(H,127,128)(H,129,130)(H,131,132)(H,133,134)(H,135,136)(H,137,138)(H,139,140)(H,141,142)(H,143,144)(H,145,146)(H,147,148)(H,149,150). The summed E-state index contributed by atoms with van der Waals surface area (Å²) in [5.74, 6) is -15.3. The van der Waals surface area contributed by atoms with Crippen LogP contribution in [0.15, 0.2) is 400 Å². The number of hydrogen-bond donors (Lipinski definition) is 12. The van der Waals surface area contributed by atoms with Gasteiger partial charge in [0.2, 0.25) is 0 Å². The first-order valence-corrected chi connectivity index (χ1v) is 46.4. The van der Waals surface area contributed by atoms with Gasteiger partial charge in [0.1, 0.15) is 0 Å². The molecule has 24 nitrogen and oxygen atoms in total. The van der Waals surface area contributed by atoms with E-state index in [9.17, 15) is 119 Å². The van der Waals surface area contributed by atoms with Crippen LogP contribution in [0.4, 0.5) is 0 Å². The number of benzene rings is 19. The van der Waals surface area contributed by atoms with E-state index < -0.39 is 71.6 Å². The smallest absolute Gasteiger partial charge is 0.335 e. The molecule has 0 amide bonds. The minimum Gasteiger partial charge on any atom is -0.478 e. The predicted molar refractivity (Wildman–Crippen MR) is 568 cm³/mol. The van der Waals surface area contributed by atoms with Crippen LogP contribution in [0.5, 0.6) is 0 Å². The summed E-state index contributed by atoms with van der Waals surface area (Å²) in [5, 5.41) is 129. The van der Waals surface area contributed by atoms with Crippen molar-refractivity contribution in [3.63, 3.8) is 0 Å². The molecule has 0 fully saturated rings. The SMILES string of the molecule is O=C(O)c1ccc(-c2cc(-c3ccc(C(=O)O)cc3)cc(-c3c(-c4cc(-c5ccc(C(=O)O)cc5)cc(-c5ccc(C(=O)O)cc5)c4)c(-c4cc(-c5ccc(C(=O)O)cc5)cc(-c5ccc(C(=O)O)cc5)c4)c(-c4cc(-c5ccc(C(=O)O)cc5)cc(-c5ccc(C(=O)O)cc5)c4)c(-c4cc(-c5ccc(C(=O)O)cc5)cc(-c5ccc(C(=O)O)cc5)c4)c3-c3cc(-c4ccc(C(=O)O)cc4)cc(-c4ccc(C(=O)O)cc4)c3)c2)cc1. The van der Waals surface area contributed by atoms with Crippen LogP contribution in [0.1, 0.15) is 124 Å². The zero-order chi connectivity index (χ0) is 105. The van der Waals surface area contributed by atoms with Gasteiger partial charge in [0, 0.05) is 0 Å². The Balaban J connectivity index is 1.17. The van der Waals surface area contributed by atoms with Crippen LogP contribution < -0.4 is 0 Å². The average Bonchev–Trinajstić information content (AvgIpc) is 0.700. The van der Waals surface area contributed by atoms with Crippen molar-refractivity contribution in [3.8, 4) is 200 Å². The van der Waals surface area contributed by atoms with Gasteiger partial charge in [-0.1, -0.05) is 146 Å². The van der Waals surface area contributed by atoms with Crippen molar-refractivity contribution in [1.82, 2.24) is 0 Å². The van der Waals surface area contributed by atoms with Crippen LogP contribution in [0.2, 0.25) is 0 Å². The second-order valence-corrected chi connectivity index (χ2v) is 35.6. The molecule has 150 heavy (non-hydrogen) atoms. The Hall–Kier alpha value is -21.2. The van der Waals surface area contributed by atoms with Gasteiger partial charge in [0.15, 0.2) is 0 Å². The van der Waals surface area contributed by atoms with Crippen molar-refractivity contribution in [2.24, 2.45) is 0 Å². The van der Waals surface area contributed by atoms with Crippen LogP contribution in [0.25, 0.3) is 200 Å². The van der Waals surface area contributed by atoms with Crippen LogP contribution in [0.3, 0.4) is 0 Å². The van der Waals surface area contributed by atoms with Gasteiger partial charge >= 0.3 is 71.6 Å². The van der Waals surface area contributed by atoms with Crippen LogP contribution >= 0.6 is 0 Å². The zero-order valence-electron chi connectivity index (χ0n) is 78.4. The first-order chi connectivity index (χ1) is 72.1. The number of carbonyl (C=O) groups is 12. The molecule has 0 spiro atoms. The molecule has 0 aliphatic rings. The normalized spacial score (nSPS) is 11.0. The average molecular weight is 1980 g/mol. The Labute approximate surface area is 852 Å². The van der Waals surface area contributed by atoms with Gasteiger partial charge in [-0.2, -0.15) is 0 Å². The van der Waals surface area contributed by atoms with Crippen molar-refractivity contribution < 1.29 is 119 Å². The second-order valence-electron chi connectivity index (χ2n) is 35.6. The van der Waals surface area contributed by atoms with Crippen LogP contribution in [-0.4, -0.2) is 133 Å². The minimum atomic E-state index is -1.27. The topological polar surface area (TPSA) is 448 Å². The third-order valence-electron chi connectivity index (χ3n) is 26.4. The summed E-state index contributed by atoms with van der Waals surface area (Å²) < 4.78 is 0. The Bertz CT molecular complexity index is 7000. The van der Waals surface area contributed by atoms with Gasteiger partial charge in [0.05, 0.1) is 66.8 Å². The maximum atomic E-state index is 13.1. The molecule has 0 aromatic heterocycles. The van der Waals surface area contributed by atoms with E-state index in [1.807, 2.05) is 109 Å². The summed E-state index contributed by atoms with van der Waals surface area (Å²) in [4.78, 5) is 158. The van der Waals surface area contributed by atoms with Gasteiger partial charge < -0.3 is 61.3 Å². The van der Waals surface area contributed by atoms with Crippen molar-refractivity contribution >= 4 is 71.6 Å². The Morgan fingerprint density at radius 2 is 0.147 bits per heavy atom. The quantitative estimate of drug-likeness (QED) is 0.0199. The minimum absolute atomic E-state index is 0.109. The summed E-state index contributed by atoms with van der Waals surface area (Å²) >= 11 is 0. The molecule has 0 radical (unpaired) electrons. The molecule has 0 aliphatic carbocycles. The lowest BCUT2D eigenvalue weighted by molar-refractivity contribution is 0.0686. The van der Waals surface area contributed by atoms with E-state index in [0.717, 1.165) is 0 Å². The van der Waals surface area contributed by atoms with Crippen molar-refractivity contribution in [2.45, 2.75) is 0 Å². The lowest BCUT2D eigenvalue weighted by Crippen LogP contribution is -2.04. The van der Waals surface area contributed by atoms with Gasteiger partial charge in [-0.3, -0.25) is 0 Å². The highest BCUT2D eigenvalue weighted by molar-refractivity contribution is 6.19. The Morgan fingerprint density at radius 1 is 0.0867 bits per heavy atom. The van der Waals surface area contributed by atoms with Gasteiger partial charge in [-0.25, -0.2) is 57.5 Å². The molecule has 0 bridgehead atoms. The monoisotopic (exact) mass is 1970 g/mol. The molecule has 0 saturated carbocycles. The largest absolute Gasteiger partial charge is 0.478 e. The molecular weight excluding hydrogens is 1900 g/mol. The van der Waals surface area contributed by atoms with Gasteiger partial charge in [-0.05, 0) is 455 Å². The van der Waals surface area contributed by atoms with E-state index in [-0.39, 0.29) is 134 Å². The fourth-order valence-electron chi connectivity index (χ4n) is 18.8. The van der Waals surface area contributed by atoms with Crippen molar-refractivity contribution in [3.05, 3.63) is 467 Å². The lowest BCUT2D eigenvalue weighted by atomic mass is 9.72. The van der Waals surface area contributed by atoms with Crippen LogP contribution in [0, 0.1) is 0 Å². The lowest BCUT2D eigenvalue weighted by Gasteiger charge is -2.31. The molecule has 0 saturated heterocycles. The molecule has 0 atom stereocenters. The molecular formula is C126H78O24. The molecule has 726 valence electrons. The molecule has 24 heteroatoms. The summed E-state index contributed by atoms with van der Waals surface area (Å²) in [6.07, 6.45) is 0. The number of carboxylic acid groups (broad SMARTS) is 12. The molecule has 12 N–H and O–H groups in total. The van der Waals surface area contributed by atoms with E-state index in [4.69, 9.17) is 0 Å². The van der Waals surface area contributed by atoms with Crippen molar-refractivity contribution in [1.29, 1.82) is 0 Å². The van der Waals surface area contributed by atoms with Crippen LogP contribution in [-0.2, 0) is 0 Å². The maximum Gasteiger partial charge on any atom is 0.335 e. The third kappa shape index (κ3) is 20.3. The van der Waals surface area contributed by atoms with E-state index in [1.165, 1.54) is 146 Å². The molecule has 0 unspecified atom stereocenters. The van der Waals surface area contributed by atoms with E-state index in [1.54, 1.807) is 146 Å². The fourth-order valence-corrected chi connectivity index (χ4v) is 18.8. The number of hydrogen-bond acceptors (Lipinski definition) is 12. The fraction of sp³-hybridized carbons (Fsp3) is 0. The van der Waals surface area contributed by atoms with E-state index >= 15 is 0 Å². The highest BCUT2D eigenvalue weighted by Gasteiger charge is 2.34. The number of carboxylic acids is 12. The molecule has 19 aromatic carbocycles.